The third-order valence-corrected chi connectivity index (χ3v) is 5.34. The molecule has 0 radical (unpaired) electrons. The number of amides is 1. The summed E-state index contributed by atoms with van der Waals surface area (Å²) in [5, 5.41) is 7.17. The fraction of sp³-hybridized carbons (Fsp3) is 0.286. The van der Waals surface area contributed by atoms with Gasteiger partial charge in [0.25, 0.3) is 5.91 Å². The van der Waals surface area contributed by atoms with Crippen LogP contribution < -0.4 is 5.32 Å². The number of Topliss-reactive ketones (excluding diaryl/α,β-unsaturated/α-hetero) is 1. The molecule has 1 aromatic carbocycles. The summed E-state index contributed by atoms with van der Waals surface area (Å²) in [6.45, 7) is 5.83. The summed E-state index contributed by atoms with van der Waals surface area (Å²) in [6.07, 6.45) is 4.58. The number of hydrogen-bond donors (Lipinski definition) is 1. The molecule has 1 aliphatic rings. The van der Waals surface area contributed by atoms with Gasteiger partial charge < -0.3 is 9.73 Å². The first kappa shape index (κ1) is 18.7. The fourth-order valence-corrected chi connectivity index (χ4v) is 3.98. The second kappa shape index (κ2) is 6.74. The second-order valence-electron chi connectivity index (χ2n) is 7.87. The Hall–Kier alpha value is -2.67. The summed E-state index contributed by atoms with van der Waals surface area (Å²) < 4.78 is 8.37. The molecule has 0 aliphatic heterocycles. The predicted octanol–water partition coefficient (Wildman–Crippen LogP) is 4.94. The van der Waals surface area contributed by atoms with E-state index in [0.29, 0.717) is 35.4 Å². The second-order valence-corrected chi connectivity index (χ2v) is 8.79. The minimum absolute atomic E-state index is 0.0355. The van der Waals surface area contributed by atoms with Gasteiger partial charge in [0.2, 0.25) is 0 Å². The van der Waals surface area contributed by atoms with Gasteiger partial charge in [0.1, 0.15) is 5.76 Å². The summed E-state index contributed by atoms with van der Waals surface area (Å²) in [5.41, 5.74) is 2.33. The van der Waals surface area contributed by atoms with Gasteiger partial charge in [-0.3, -0.25) is 9.59 Å². The highest BCUT2D eigenvalue weighted by molar-refractivity contribution is 9.10. The van der Waals surface area contributed by atoms with E-state index in [1.54, 1.807) is 23.9 Å². The van der Waals surface area contributed by atoms with Crippen LogP contribution >= 0.6 is 15.9 Å². The molecule has 2 heterocycles. The van der Waals surface area contributed by atoms with Gasteiger partial charge in [-0.2, -0.15) is 5.10 Å². The van der Waals surface area contributed by atoms with E-state index in [4.69, 9.17) is 4.42 Å². The zero-order valence-corrected chi connectivity index (χ0v) is 17.5. The molecule has 3 aromatic rings. The molecule has 28 heavy (non-hydrogen) atoms. The number of para-hydroxylation sites is 2. The van der Waals surface area contributed by atoms with Gasteiger partial charge in [-0.1, -0.05) is 26.0 Å². The Morgan fingerprint density at radius 2 is 2.04 bits per heavy atom. The molecule has 144 valence electrons. The normalized spacial score (nSPS) is 15.4. The first-order chi connectivity index (χ1) is 13.2. The summed E-state index contributed by atoms with van der Waals surface area (Å²) in [5.74, 6) is 0.449. The highest BCUT2D eigenvalue weighted by Crippen LogP contribution is 2.38. The number of furan rings is 1. The van der Waals surface area contributed by atoms with Crippen LogP contribution in [0.2, 0.25) is 0 Å². The lowest BCUT2D eigenvalue weighted by molar-refractivity contribution is 0.0898. The molecule has 6 nitrogen and oxygen atoms in total. The summed E-state index contributed by atoms with van der Waals surface area (Å²) >= 11 is 3.38. The maximum atomic E-state index is 13.0. The summed E-state index contributed by atoms with van der Waals surface area (Å²) in [6, 6.07) is 7.37. The molecule has 0 unspecified atom stereocenters. The van der Waals surface area contributed by atoms with Crippen LogP contribution in [0.1, 0.15) is 52.5 Å². The van der Waals surface area contributed by atoms with Crippen LogP contribution in [0.4, 0.5) is 5.69 Å². The maximum Gasteiger partial charge on any atom is 0.291 e. The number of ketones is 1. The van der Waals surface area contributed by atoms with Crippen molar-refractivity contribution < 1.29 is 14.0 Å². The third-order valence-electron chi connectivity index (χ3n) is 4.93. The monoisotopic (exact) mass is 441 g/mol. The number of fused-ring (bicyclic) bond motifs is 1. The van der Waals surface area contributed by atoms with Gasteiger partial charge in [-0.25, -0.2) is 4.68 Å². The van der Waals surface area contributed by atoms with Gasteiger partial charge in [-0.15, -0.1) is 0 Å². The number of anilines is 1. The molecule has 4 rings (SSSR count). The van der Waals surface area contributed by atoms with Gasteiger partial charge in [0.15, 0.2) is 11.5 Å². The Balaban J connectivity index is 1.67. The van der Waals surface area contributed by atoms with Crippen molar-refractivity contribution >= 4 is 33.3 Å². The number of nitrogens with zero attached hydrogens (tertiary/aromatic N) is 2. The van der Waals surface area contributed by atoms with Crippen molar-refractivity contribution in [2.45, 2.75) is 33.6 Å². The predicted molar refractivity (Wildman–Crippen MR) is 109 cm³/mol. The molecule has 1 N–H and O–H groups in total. The van der Waals surface area contributed by atoms with Crippen LogP contribution in [-0.2, 0) is 6.42 Å². The SMILES string of the molecule is Cc1c(C(=O)Nc2ccccc2-n2cc(Br)cn2)oc2c1C(=O)CC(C)(C)C2. The fourth-order valence-electron chi connectivity index (χ4n) is 3.69. The van der Waals surface area contributed by atoms with Crippen LogP contribution in [0, 0.1) is 12.3 Å². The molecule has 1 amide bonds. The average molecular weight is 442 g/mol. The largest absolute Gasteiger partial charge is 0.455 e. The van der Waals surface area contributed by atoms with Crippen molar-refractivity contribution in [1.29, 1.82) is 0 Å². The van der Waals surface area contributed by atoms with Crippen molar-refractivity contribution in [2.75, 3.05) is 5.32 Å². The van der Waals surface area contributed by atoms with Crippen molar-refractivity contribution in [3.05, 3.63) is 63.8 Å². The number of halogens is 1. The minimum atomic E-state index is -0.379. The summed E-state index contributed by atoms with van der Waals surface area (Å²) in [7, 11) is 0. The Morgan fingerprint density at radius 3 is 2.75 bits per heavy atom. The van der Waals surface area contributed by atoms with Crippen molar-refractivity contribution in [3.8, 4) is 5.69 Å². The first-order valence-corrected chi connectivity index (χ1v) is 9.81. The van der Waals surface area contributed by atoms with Crippen molar-refractivity contribution in [2.24, 2.45) is 5.41 Å². The lowest BCUT2D eigenvalue weighted by atomic mass is 9.76. The lowest BCUT2D eigenvalue weighted by Gasteiger charge is -2.27. The molecule has 0 spiro atoms. The highest BCUT2D eigenvalue weighted by Gasteiger charge is 2.37. The number of nitrogens with one attached hydrogen (secondary N) is 1. The molecule has 1 aliphatic carbocycles. The topological polar surface area (TPSA) is 77.1 Å². The molecule has 2 aromatic heterocycles. The molecule has 0 saturated heterocycles. The van der Waals surface area contributed by atoms with Crippen LogP contribution in [0.5, 0.6) is 0 Å². The van der Waals surface area contributed by atoms with Crippen LogP contribution in [0.25, 0.3) is 5.69 Å². The zero-order valence-electron chi connectivity index (χ0n) is 15.9. The highest BCUT2D eigenvalue weighted by atomic mass is 79.9. The lowest BCUT2D eigenvalue weighted by Crippen LogP contribution is -2.26. The number of carbonyl (C=O) groups is 2. The van der Waals surface area contributed by atoms with Crippen molar-refractivity contribution in [1.82, 2.24) is 9.78 Å². The van der Waals surface area contributed by atoms with Gasteiger partial charge in [0.05, 0.1) is 27.6 Å². The Labute approximate surface area is 171 Å². The van der Waals surface area contributed by atoms with Crippen molar-refractivity contribution in [3.63, 3.8) is 0 Å². The number of rotatable bonds is 3. The van der Waals surface area contributed by atoms with E-state index in [0.717, 1.165) is 10.2 Å². The maximum absolute atomic E-state index is 13.0. The number of hydrogen-bond acceptors (Lipinski definition) is 4. The van der Waals surface area contributed by atoms with Gasteiger partial charge in [-0.05, 0) is 40.4 Å². The Kier molecular flexibility index (Phi) is 4.50. The first-order valence-electron chi connectivity index (χ1n) is 9.01. The third kappa shape index (κ3) is 3.30. The van der Waals surface area contributed by atoms with Crippen LogP contribution in [0.3, 0.4) is 0 Å². The Bertz CT molecular complexity index is 1090. The van der Waals surface area contributed by atoms with E-state index < -0.39 is 0 Å². The quantitative estimate of drug-likeness (QED) is 0.623. The van der Waals surface area contributed by atoms with Crippen LogP contribution in [0.15, 0.2) is 45.5 Å². The molecule has 0 bridgehead atoms. The zero-order chi connectivity index (χ0) is 20.1. The molecular formula is C21H20BrN3O3. The molecule has 0 atom stereocenters. The number of aromatic nitrogens is 2. The molecular weight excluding hydrogens is 422 g/mol. The smallest absolute Gasteiger partial charge is 0.291 e. The molecule has 7 heteroatoms. The van der Waals surface area contributed by atoms with E-state index in [1.807, 2.05) is 38.2 Å². The number of benzene rings is 1. The van der Waals surface area contributed by atoms with E-state index in [1.165, 1.54) is 0 Å². The van der Waals surface area contributed by atoms with Gasteiger partial charge >= 0.3 is 0 Å². The van der Waals surface area contributed by atoms with E-state index in [-0.39, 0.29) is 22.9 Å². The summed E-state index contributed by atoms with van der Waals surface area (Å²) in [4.78, 5) is 25.5. The van der Waals surface area contributed by atoms with Gasteiger partial charge in [0, 0.05) is 24.6 Å². The number of carbonyl (C=O) groups excluding carboxylic acids is 2. The standard InChI is InChI=1S/C21H20BrN3O3/c1-12-18-16(26)8-21(2,3)9-17(18)28-19(12)20(27)24-14-6-4-5-7-15(14)25-11-13(22)10-23-25/h4-7,10-11H,8-9H2,1-3H3,(H,24,27). The molecule has 0 fully saturated rings. The Morgan fingerprint density at radius 1 is 1.29 bits per heavy atom. The van der Waals surface area contributed by atoms with Crippen LogP contribution in [-0.4, -0.2) is 21.5 Å². The minimum Gasteiger partial charge on any atom is -0.455 e. The molecule has 0 saturated carbocycles. The van der Waals surface area contributed by atoms with E-state index >= 15 is 0 Å². The van der Waals surface area contributed by atoms with E-state index in [2.05, 4.69) is 26.3 Å². The van der Waals surface area contributed by atoms with E-state index in [9.17, 15) is 9.59 Å². The average Bonchev–Trinajstić information content (AvgIpc) is 3.18.